The molecule has 0 radical (unpaired) electrons. The molecule has 13 nitrogen and oxygen atoms in total. The van der Waals surface area contributed by atoms with Crippen LogP contribution >= 0.6 is 0 Å². The predicted molar refractivity (Wildman–Crippen MR) is 109 cm³/mol. The minimum Gasteiger partial charge on any atom is -0.463 e. The molecule has 1 heterocycles. The SMILES string of the molecule is CC(=O)OC[C@@H]1O[C@@H](Nc2ccccc2[N+](=O)[O-])[C@H](OC(C)=O)[C@@H](OC(C)=O)[C@@H]1OC(C)=O. The summed E-state index contributed by atoms with van der Waals surface area (Å²) in [5, 5.41) is 14.2. The zero-order valence-electron chi connectivity index (χ0n) is 18.3. The summed E-state index contributed by atoms with van der Waals surface area (Å²) >= 11 is 0. The number of nitro groups is 1. The molecule has 0 amide bonds. The van der Waals surface area contributed by atoms with Crippen molar-refractivity contribution in [3.05, 3.63) is 34.4 Å². The second-order valence-electron chi connectivity index (χ2n) is 7.04. The third-order valence-corrected chi connectivity index (χ3v) is 4.39. The van der Waals surface area contributed by atoms with Gasteiger partial charge in [0, 0.05) is 33.8 Å². The molecule has 33 heavy (non-hydrogen) atoms. The number of hydrogen-bond donors (Lipinski definition) is 1. The molecule has 1 aliphatic rings. The maximum absolute atomic E-state index is 11.8. The Morgan fingerprint density at radius 1 is 0.909 bits per heavy atom. The molecular formula is C20H24N2O11. The third kappa shape index (κ3) is 7.14. The number of para-hydroxylation sites is 2. The van der Waals surface area contributed by atoms with Gasteiger partial charge in [-0.2, -0.15) is 0 Å². The number of carbonyl (C=O) groups excluding carboxylic acids is 4. The van der Waals surface area contributed by atoms with E-state index in [1.807, 2.05) is 0 Å². The summed E-state index contributed by atoms with van der Waals surface area (Å²) in [7, 11) is 0. The second-order valence-corrected chi connectivity index (χ2v) is 7.04. The molecule has 0 spiro atoms. The molecule has 0 aliphatic carbocycles. The average Bonchev–Trinajstić information content (AvgIpc) is 2.70. The van der Waals surface area contributed by atoms with Gasteiger partial charge in [-0.3, -0.25) is 29.3 Å². The van der Waals surface area contributed by atoms with Crippen LogP contribution in [-0.2, 0) is 42.9 Å². The summed E-state index contributed by atoms with van der Waals surface area (Å²) in [5.41, 5.74) is -0.284. The monoisotopic (exact) mass is 468 g/mol. The van der Waals surface area contributed by atoms with Gasteiger partial charge in [0.15, 0.2) is 24.5 Å². The molecule has 1 aromatic carbocycles. The van der Waals surface area contributed by atoms with Crippen LogP contribution in [0.1, 0.15) is 27.7 Å². The summed E-state index contributed by atoms with van der Waals surface area (Å²) in [6.45, 7) is 4.03. The number of hydrogen-bond acceptors (Lipinski definition) is 12. The number of rotatable bonds is 8. The minimum atomic E-state index is -1.39. The van der Waals surface area contributed by atoms with Gasteiger partial charge in [0.25, 0.3) is 5.69 Å². The molecule has 13 heteroatoms. The summed E-state index contributed by atoms with van der Waals surface area (Å²) in [5.74, 6) is -2.99. The van der Waals surface area contributed by atoms with E-state index in [0.717, 1.165) is 27.7 Å². The molecule has 5 atom stereocenters. The standard InChI is InChI=1S/C20H24N2O11/c1-10(23)29-9-16-17(30-11(2)24)18(31-12(3)25)19(32-13(4)26)20(33-16)21-14-7-5-6-8-15(14)22(27)28/h5-8,16-21H,9H2,1-4H3/t16-,17+,18-,19+,20+/m0/s1. The fraction of sp³-hybridized carbons (Fsp3) is 0.500. The number of carbonyl (C=O) groups is 4. The van der Waals surface area contributed by atoms with Crippen molar-refractivity contribution in [2.24, 2.45) is 0 Å². The van der Waals surface area contributed by atoms with Gasteiger partial charge in [-0.15, -0.1) is 0 Å². The lowest BCUT2D eigenvalue weighted by atomic mass is 9.97. The van der Waals surface area contributed by atoms with Crippen molar-refractivity contribution in [2.75, 3.05) is 11.9 Å². The first-order chi connectivity index (χ1) is 15.5. The largest absolute Gasteiger partial charge is 0.463 e. The normalized spacial score (nSPS) is 24.2. The smallest absolute Gasteiger partial charge is 0.303 e. The Bertz CT molecular complexity index is 919. The van der Waals surface area contributed by atoms with Gasteiger partial charge in [-0.25, -0.2) is 0 Å². The van der Waals surface area contributed by atoms with E-state index >= 15 is 0 Å². The van der Waals surface area contributed by atoms with Gasteiger partial charge in [0.05, 0.1) is 4.92 Å². The average molecular weight is 468 g/mol. The lowest BCUT2D eigenvalue weighted by Gasteiger charge is -2.44. The highest BCUT2D eigenvalue weighted by atomic mass is 16.7. The predicted octanol–water partition coefficient (Wildman–Crippen LogP) is 1.09. The van der Waals surface area contributed by atoms with Gasteiger partial charge in [-0.05, 0) is 6.07 Å². The molecule has 2 rings (SSSR count). The fourth-order valence-electron chi connectivity index (χ4n) is 3.25. The van der Waals surface area contributed by atoms with E-state index in [1.54, 1.807) is 0 Å². The van der Waals surface area contributed by atoms with E-state index in [-0.39, 0.29) is 11.4 Å². The first kappa shape index (κ1) is 25.5. The van der Waals surface area contributed by atoms with Crippen molar-refractivity contribution in [1.82, 2.24) is 0 Å². The molecule has 0 saturated carbocycles. The lowest BCUT2D eigenvalue weighted by molar-refractivity contribution is -0.384. The molecule has 180 valence electrons. The van der Waals surface area contributed by atoms with Crippen molar-refractivity contribution < 1.29 is 47.8 Å². The Balaban J connectivity index is 2.51. The Labute approximate surface area is 188 Å². The topological polar surface area (TPSA) is 170 Å². The number of benzene rings is 1. The van der Waals surface area contributed by atoms with Gasteiger partial charge >= 0.3 is 23.9 Å². The molecule has 0 aromatic heterocycles. The third-order valence-electron chi connectivity index (χ3n) is 4.39. The van der Waals surface area contributed by atoms with Crippen LogP contribution in [0.5, 0.6) is 0 Å². The maximum atomic E-state index is 11.8. The summed E-state index contributed by atoms with van der Waals surface area (Å²) in [6, 6.07) is 5.62. The molecule has 0 bridgehead atoms. The van der Waals surface area contributed by atoms with Crippen LogP contribution < -0.4 is 5.32 Å². The van der Waals surface area contributed by atoms with Crippen LogP contribution in [0.3, 0.4) is 0 Å². The highest BCUT2D eigenvalue weighted by molar-refractivity contribution is 5.69. The number of nitro benzene ring substituents is 1. The quantitative estimate of drug-likeness (QED) is 0.250. The van der Waals surface area contributed by atoms with Gasteiger partial charge in [0.1, 0.15) is 18.4 Å². The van der Waals surface area contributed by atoms with Gasteiger partial charge in [0.2, 0.25) is 0 Å². The molecule has 1 aliphatic heterocycles. The van der Waals surface area contributed by atoms with Crippen LogP contribution in [0.2, 0.25) is 0 Å². The zero-order chi connectivity index (χ0) is 24.7. The van der Waals surface area contributed by atoms with E-state index < -0.39 is 66.1 Å². The van der Waals surface area contributed by atoms with Crippen molar-refractivity contribution in [3.8, 4) is 0 Å². The van der Waals surface area contributed by atoms with Crippen molar-refractivity contribution in [3.63, 3.8) is 0 Å². The van der Waals surface area contributed by atoms with Crippen LogP contribution in [0.4, 0.5) is 11.4 Å². The van der Waals surface area contributed by atoms with Crippen molar-refractivity contribution in [2.45, 2.75) is 58.3 Å². The summed E-state index contributed by atoms with van der Waals surface area (Å²) in [6.07, 6.45) is -6.58. The van der Waals surface area contributed by atoms with Crippen LogP contribution in [0.15, 0.2) is 24.3 Å². The number of nitrogens with one attached hydrogen (secondary N) is 1. The highest BCUT2D eigenvalue weighted by Gasteiger charge is 2.52. The molecule has 1 fully saturated rings. The van der Waals surface area contributed by atoms with Crippen LogP contribution in [-0.4, -0.2) is 66.1 Å². The van der Waals surface area contributed by atoms with E-state index in [2.05, 4.69) is 5.32 Å². The number of ether oxygens (including phenoxy) is 5. The van der Waals surface area contributed by atoms with E-state index in [0.29, 0.717) is 0 Å². The molecule has 0 unspecified atom stereocenters. The van der Waals surface area contributed by atoms with Gasteiger partial charge < -0.3 is 29.0 Å². The van der Waals surface area contributed by atoms with E-state index in [4.69, 9.17) is 23.7 Å². The lowest BCUT2D eigenvalue weighted by Crippen LogP contribution is -2.64. The van der Waals surface area contributed by atoms with Crippen LogP contribution in [0, 0.1) is 10.1 Å². The Hall–Kier alpha value is -3.74. The number of esters is 4. The van der Waals surface area contributed by atoms with Crippen LogP contribution in [0.25, 0.3) is 0 Å². The first-order valence-corrected chi connectivity index (χ1v) is 9.80. The second kappa shape index (κ2) is 11.2. The van der Waals surface area contributed by atoms with Crippen molar-refractivity contribution >= 4 is 35.3 Å². The minimum absolute atomic E-state index is 0.0170. The van der Waals surface area contributed by atoms with E-state index in [9.17, 15) is 29.3 Å². The summed E-state index contributed by atoms with van der Waals surface area (Å²) < 4.78 is 26.7. The Morgan fingerprint density at radius 3 is 2.00 bits per heavy atom. The molecule has 1 N–H and O–H groups in total. The molecule has 1 saturated heterocycles. The Morgan fingerprint density at radius 2 is 1.45 bits per heavy atom. The highest BCUT2D eigenvalue weighted by Crippen LogP contribution is 2.32. The summed E-state index contributed by atoms with van der Waals surface area (Å²) in [4.78, 5) is 57.5. The first-order valence-electron chi connectivity index (χ1n) is 9.80. The van der Waals surface area contributed by atoms with E-state index in [1.165, 1.54) is 24.3 Å². The Kier molecular flexibility index (Phi) is 8.68. The van der Waals surface area contributed by atoms with Crippen molar-refractivity contribution in [1.29, 1.82) is 0 Å². The molecular weight excluding hydrogens is 444 g/mol. The van der Waals surface area contributed by atoms with Gasteiger partial charge in [-0.1, -0.05) is 12.1 Å². The maximum Gasteiger partial charge on any atom is 0.303 e. The molecule has 1 aromatic rings. The zero-order valence-corrected chi connectivity index (χ0v) is 18.3. The number of nitrogens with zero attached hydrogens (tertiary/aromatic N) is 1. The number of anilines is 1. The fourth-order valence-corrected chi connectivity index (χ4v) is 3.25.